The largest absolute Gasteiger partial charge is 0.380 e. The molecule has 0 atom stereocenters. The first-order chi connectivity index (χ1) is 7.63. The SMILES string of the molecule is CCc1onc(N)c1-c1ccc(F)cc1F. The van der Waals surface area contributed by atoms with Crippen molar-refractivity contribution in [3.05, 3.63) is 35.6 Å². The van der Waals surface area contributed by atoms with Crippen molar-refractivity contribution in [1.82, 2.24) is 5.16 Å². The second-order valence-electron chi connectivity index (χ2n) is 3.34. The van der Waals surface area contributed by atoms with Crippen molar-refractivity contribution in [2.45, 2.75) is 13.3 Å². The fraction of sp³-hybridized carbons (Fsp3) is 0.182. The third-order valence-corrected chi connectivity index (χ3v) is 2.31. The lowest BCUT2D eigenvalue weighted by Gasteiger charge is -2.02. The number of nitrogen functional groups attached to an aromatic ring is 1. The van der Waals surface area contributed by atoms with E-state index in [1.165, 1.54) is 12.1 Å². The van der Waals surface area contributed by atoms with Crippen molar-refractivity contribution in [2.75, 3.05) is 5.73 Å². The van der Waals surface area contributed by atoms with Crippen LogP contribution in [0.4, 0.5) is 14.6 Å². The fourth-order valence-electron chi connectivity index (χ4n) is 1.56. The highest BCUT2D eigenvalue weighted by molar-refractivity contribution is 5.75. The van der Waals surface area contributed by atoms with Crippen LogP contribution in [-0.4, -0.2) is 5.16 Å². The first-order valence-electron chi connectivity index (χ1n) is 4.83. The molecule has 0 radical (unpaired) electrons. The zero-order chi connectivity index (χ0) is 11.7. The molecule has 1 aromatic heterocycles. The lowest BCUT2D eigenvalue weighted by molar-refractivity contribution is 0.390. The maximum Gasteiger partial charge on any atom is 0.175 e. The molecule has 2 N–H and O–H groups in total. The zero-order valence-electron chi connectivity index (χ0n) is 8.63. The smallest absolute Gasteiger partial charge is 0.175 e. The van der Waals surface area contributed by atoms with E-state index in [9.17, 15) is 8.78 Å². The van der Waals surface area contributed by atoms with Crippen LogP contribution in [0.3, 0.4) is 0 Å². The second kappa shape index (κ2) is 3.92. The Labute approximate surface area is 90.9 Å². The summed E-state index contributed by atoms with van der Waals surface area (Å²) in [4.78, 5) is 0. The number of hydrogen-bond donors (Lipinski definition) is 1. The van der Waals surface area contributed by atoms with Crippen LogP contribution in [0.2, 0.25) is 0 Å². The Balaban J connectivity index is 2.62. The monoisotopic (exact) mass is 224 g/mol. The summed E-state index contributed by atoms with van der Waals surface area (Å²) in [6.45, 7) is 1.84. The second-order valence-corrected chi connectivity index (χ2v) is 3.34. The highest BCUT2D eigenvalue weighted by Gasteiger charge is 2.17. The molecule has 2 aromatic rings. The molecule has 1 aromatic carbocycles. The number of rotatable bonds is 2. The minimum Gasteiger partial charge on any atom is -0.380 e. The number of halogens is 2. The molecular formula is C11H10F2N2O. The summed E-state index contributed by atoms with van der Waals surface area (Å²) in [6.07, 6.45) is 0.538. The van der Waals surface area contributed by atoms with Gasteiger partial charge in [0, 0.05) is 18.1 Å². The summed E-state index contributed by atoms with van der Waals surface area (Å²) in [6, 6.07) is 3.30. The molecule has 0 amide bonds. The normalized spacial score (nSPS) is 10.7. The van der Waals surface area contributed by atoms with Crippen LogP contribution in [-0.2, 0) is 6.42 Å². The molecule has 0 unspecified atom stereocenters. The molecule has 0 spiro atoms. The molecule has 0 fully saturated rings. The van der Waals surface area contributed by atoms with Crippen molar-refractivity contribution < 1.29 is 13.3 Å². The maximum atomic E-state index is 13.5. The predicted octanol–water partition coefficient (Wildman–Crippen LogP) is 2.76. The van der Waals surface area contributed by atoms with E-state index in [-0.39, 0.29) is 11.4 Å². The van der Waals surface area contributed by atoms with Crippen molar-refractivity contribution in [2.24, 2.45) is 0 Å². The number of nitrogens with two attached hydrogens (primary N) is 1. The highest BCUT2D eigenvalue weighted by Crippen LogP contribution is 2.31. The van der Waals surface area contributed by atoms with Gasteiger partial charge in [-0.3, -0.25) is 0 Å². The minimum absolute atomic E-state index is 0.113. The Kier molecular flexibility index (Phi) is 2.60. The molecule has 16 heavy (non-hydrogen) atoms. The molecule has 1 heterocycles. The average molecular weight is 224 g/mol. The van der Waals surface area contributed by atoms with Gasteiger partial charge in [-0.25, -0.2) is 8.78 Å². The number of anilines is 1. The molecule has 0 saturated carbocycles. The topological polar surface area (TPSA) is 52.0 Å². The van der Waals surface area contributed by atoms with Gasteiger partial charge in [-0.15, -0.1) is 0 Å². The van der Waals surface area contributed by atoms with Crippen molar-refractivity contribution in [3.63, 3.8) is 0 Å². The summed E-state index contributed by atoms with van der Waals surface area (Å²) >= 11 is 0. The first-order valence-corrected chi connectivity index (χ1v) is 4.83. The van der Waals surface area contributed by atoms with Gasteiger partial charge in [0.2, 0.25) is 0 Å². The van der Waals surface area contributed by atoms with Crippen molar-refractivity contribution in [1.29, 1.82) is 0 Å². The Bertz CT molecular complexity index is 523. The van der Waals surface area contributed by atoms with Gasteiger partial charge in [-0.2, -0.15) is 0 Å². The van der Waals surface area contributed by atoms with Crippen LogP contribution in [0, 0.1) is 11.6 Å². The van der Waals surface area contributed by atoms with Crippen LogP contribution >= 0.6 is 0 Å². The standard InChI is InChI=1S/C11H10F2N2O/c1-2-9-10(11(14)15-16-9)7-4-3-6(12)5-8(7)13/h3-5H,2H2,1H3,(H2,14,15). The van der Waals surface area contributed by atoms with E-state index in [4.69, 9.17) is 10.3 Å². The van der Waals surface area contributed by atoms with Crippen LogP contribution < -0.4 is 5.73 Å². The van der Waals surface area contributed by atoms with Gasteiger partial charge in [-0.05, 0) is 12.1 Å². The van der Waals surface area contributed by atoms with Crippen molar-refractivity contribution >= 4 is 5.82 Å². The summed E-state index contributed by atoms with van der Waals surface area (Å²) in [7, 11) is 0. The summed E-state index contributed by atoms with van der Waals surface area (Å²) in [5.41, 5.74) is 6.20. The Morgan fingerprint density at radius 3 is 2.75 bits per heavy atom. The zero-order valence-corrected chi connectivity index (χ0v) is 8.63. The molecule has 2 rings (SSSR count). The lowest BCUT2D eigenvalue weighted by Crippen LogP contribution is -1.93. The fourth-order valence-corrected chi connectivity index (χ4v) is 1.56. The maximum absolute atomic E-state index is 13.5. The summed E-state index contributed by atoms with van der Waals surface area (Å²) in [5.74, 6) is -0.704. The molecular weight excluding hydrogens is 214 g/mol. The third-order valence-electron chi connectivity index (χ3n) is 2.31. The van der Waals surface area contributed by atoms with Crippen LogP contribution in [0.15, 0.2) is 22.7 Å². The molecule has 0 bridgehead atoms. The average Bonchev–Trinajstić information content (AvgIpc) is 2.60. The van der Waals surface area contributed by atoms with Crippen LogP contribution in [0.5, 0.6) is 0 Å². The molecule has 3 nitrogen and oxygen atoms in total. The Hall–Kier alpha value is -1.91. The molecule has 84 valence electrons. The number of aromatic nitrogens is 1. The van der Waals surface area contributed by atoms with Gasteiger partial charge in [0.15, 0.2) is 5.82 Å². The molecule has 0 aliphatic carbocycles. The number of hydrogen-bond acceptors (Lipinski definition) is 3. The number of aryl methyl sites for hydroxylation is 1. The van der Waals surface area contributed by atoms with Gasteiger partial charge < -0.3 is 10.3 Å². The van der Waals surface area contributed by atoms with Gasteiger partial charge in [-0.1, -0.05) is 12.1 Å². The summed E-state index contributed by atoms with van der Waals surface area (Å²) in [5, 5.41) is 3.57. The molecule has 0 aliphatic heterocycles. The summed E-state index contributed by atoms with van der Waals surface area (Å²) < 4.78 is 31.3. The first kappa shape index (κ1) is 10.6. The van der Waals surface area contributed by atoms with Crippen molar-refractivity contribution in [3.8, 4) is 11.1 Å². The van der Waals surface area contributed by atoms with Crippen LogP contribution in [0.1, 0.15) is 12.7 Å². The van der Waals surface area contributed by atoms with Gasteiger partial charge in [0.25, 0.3) is 0 Å². The minimum atomic E-state index is -0.676. The van der Waals surface area contributed by atoms with E-state index in [1.807, 2.05) is 6.92 Å². The molecule has 5 heteroatoms. The molecule has 0 saturated heterocycles. The Morgan fingerprint density at radius 2 is 2.12 bits per heavy atom. The number of nitrogens with zero attached hydrogens (tertiary/aromatic N) is 1. The van der Waals surface area contributed by atoms with Gasteiger partial charge in [0.05, 0.1) is 5.56 Å². The van der Waals surface area contributed by atoms with E-state index < -0.39 is 11.6 Å². The quantitative estimate of drug-likeness (QED) is 0.853. The van der Waals surface area contributed by atoms with E-state index in [0.29, 0.717) is 17.7 Å². The number of benzene rings is 1. The third kappa shape index (κ3) is 1.64. The van der Waals surface area contributed by atoms with Gasteiger partial charge in [0.1, 0.15) is 17.4 Å². The van der Waals surface area contributed by atoms with Crippen LogP contribution in [0.25, 0.3) is 11.1 Å². The van der Waals surface area contributed by atoms with E-state index in [1.54, 1.807) is 0 Å². The lowest BCUT2D eigenvalue weighted by atomic mass is 10.0. The Morgan fingerprint density at radius 1 is 1.38 bits per heavy atom. The predicted molar refractivity (Wildman–Crippen MR) is 55.6 cm³/mol. The van der Waals surface area contributed by atoms with E-state index in [0.717, 1.165) is 6.07 Å². The van der Waals surface area contributed by atoms with E-state index >= 15 is 0 Å². The van der Waals surface area contributed by atoms with Gasteiger partial charge >= 0.3 is 0 Å². The molecule has 0 aliphatic rings. The highest BCUT2D eigenvalue weighted by atomic mass is 19.1. The van der Waals surface area contributed by atoms with E-state index in [2.05, 4.69) is 5.16 Å².